The monoisotopic (exact) mass is 231 g/mol. The lowest BCUT2D eigenvalue weighted by Crippen LogP contribution is -1.89. The number of rotatable bonds is 1. The summed E-state index contributed by atoms with van der Waals surface area (Å²) < 4.78 is 25.0. The Bertz CT molecular complexity index is 330. The zero-order valence-electron chi connectivity index (χ0n) is 5.89. The van der Waals surface area contributed by atoms with Crippen LogP contribution in [-0.2, 0) is 0 Å². The fourth-order valence-electron chi connectivity index (χ4n) is 0.816. The SMILES string of the molecule is N#Cc1ccc(Br)cc1C(F)F. The van der Waals surface area contributed by atoms with E-state index in [1.54, 1.807) is 12.1 Å². The van der Waals surface area contributed by atoms with E-state index in [1.165, 1.54) is 12.1 Å². The van der Waals surface area contributed by atoms with Crippen LogP contribution in [0.4, 0.5) is 8.78 Å². The minimum atomic E-state index is -2.60. The number of hydrogen-bond donors (Lipinski definition) is 0. The molecule has 1 aromatic rings. The van der Waals surface area contributed by atoms with Gasteiger partial charge in [-0.25, -0.2) is 8.78 Å². The summed E-state index contributed by atoms with van der Waals surface area (Å²) >= 11 is 3.05. The van der Waals surface area contributed by atoms with Crippen molar-refractivity contribution in [2.24, 2.45) is 0 Å². The van der Waals surface area contributed by atoms with Crippen LogP contribution in [0, 0.1) is 11.3 Å². The third kappa shape index (κ3) is 1.80. The first-order valence-corrected chi connectivity index (χ1v) is 3.92. The molecule has 0 aliphatic rings. The smallest absolute Gasteiger partial charge is 0.205 e. The maximum atomic E-state index is 12.2. The van der Waals surface area contributed by atoms with E-state index in [-0.39, 0.29) is 11.1 Å². The van der Waals surface area contributed by atoms with Crippen LogP contribution in [0.25, 0.3) is 0 Å². The van der Waals surface area contributed by atoms with E-state index in [0.717, 1.165) is 0 Å². The first-order valence-electron chi connectivity index (χ1n) is 3.13. The van der Waals surface area contributed by atoms with Crippen molar-refractivity contribution < 1.29 is 8.78 Å². The fraction of sp³-hybridized carbons (Fsp3) is 0.125. The molecule has 0 fully saturated rings. The summed E-state index contributed by atoms with van der Waals surface area (Å²) in [7, 11) is 0. The van der Waals surface area contributed by atoms with E-state index in [9.17, 15) is 8.78 Å². The van der Waals surface area contributed by atoms with Gasteiger partial charge in [0.1, 0.15) is 0 Å². The van der Waals surface area contributed by atoms with Crippen LogP contribution < -0.4 is 0 Å². The van der Waals surface area contributed by atoms with Gasteiger partial charge in [0.25, 0.3) is 6.43 Å². The highest BCUT2D eigenvalue weighted by molar-refractivity contribution is 9.10. The van der Waals surface area contributed by atoms with Gasteiger partial charge in [0.05, 0.1) is 11.6 Å². The van der Waals surface area contributed by atoms with Crippen LogP contribution in [0.3, 0.4) is 0 Å². The molecule has 0 aliphatic heterocycles. The van der Waals surface area contributed by atoms with Crippen LogP contribution in [0.2, 0.25) is 0 Å². The summed E-state index contributed by atoms with van der Waals surface area (Å²) in [6.07, 6.45) is -2.60. The number of halogens is 3. The van der Waals surface area contributed by atoms with E-state index in [4.69, 9.17) is 5.26 Å². The van der Waals surface area contributed by atoms with Gasteiger partial charge in [-0.3, -0.25) is 0 Å². The predicted molar refractivity (Wildman–Crippen MR) is 43.8 cm³/mol. The normalized spacial score (nSPS) is 9.92. The molecule has 0 unspecified atom stereocenters. The highest BCUT2D eigenvalue weighted by atomic mass is 79.9. The minimum Gasteiger partial charge on any atom is -0.205 e. The van der Waals surface area contributed by atoms with Crippen molar-refractivity contribution in [2.75, 3.05) is 0 Å². The zero-order valence-corrected chi connectivity index (χ0v) is 7.48. The quantitative estimate of drug-likeness (QED) is 0.728. The van der Waals surface area contributed by atoms with Crippen LogP contribution in [0.1, 0.15) is 17.6 Å². The molecule has 0 heterocycles. The highest BCUT2D eigenvalue weighted by Gasteiger charge is 2.12. The predicted octanol–water partition coefficient (Wildman–Crippen LogP) is 3.26. The van der Waals surface area contributed by atoms with E-state index >= 15 is 0 Å². The van der Waals surface area contributed by atoms with Gasteiger partial charge in [-0.1, -0.05) is 15.9 Å². The van der Waals surface area contributed by atoms with Crippen molar-refractivity contribution in [1.82, 2.24) is 0 Å². The van der Waals surface area contributed by atoms with Crippen molar-refractivity contribution in [3.8, 4) is 6.07 Å². The molecule has 0 saturated heterocycles. The second-order valence-corrected chi connectivity index (χ2v) is 3.06. The Hall–Kier alpha value is -0.950. The summed E-state index contributed by atoms with van der Waals surface area (Å²) in [5, 5.41) is 8.46. The lowest BCUT2D eigenvalue weighted by molar-refractivity contribution is 0.151. The molecule has 62 valence electrons. The van der Waals surface area contributed by atoms with Gasteiger partial charge in [-0.2, -0.15) is 5.26 Å². The molecule has 0 aliphatic carbocycles. The Balaban J connectivity index is 3.24. The van der Waals surface area contributed by atoms with Crippen LogP contribution in [0.15, 0.2) is 22.7 Å². The van der Waals surface area contributed by atoms with E-state index < -0.39 is 6.43 Å². The zero-order chi connectivity index (χ0) is 9.14. The largest absolute Gasteiger partial charge is 0.265 e. The van der Waals surface area contributed by atoms with Gasteiger partial charge in [0.2, 0.25) is 0 Å². The molecule has 0 atom stereocenters. The summed E-state index contributed by atoms with van der Waals surface area (Å²) in [6, 6.07) is 5.88. The third-order valence-electron chi connectivity index (χ3n) is 1.37. The van der Waals surface area contributed by atoms with Crippen LogP contribution in [-0.4, -0.2) is 0 Å². The van der Waals surface area contributed by atoms with Gasteiger partial charge in [-0.05, 0) is 18.2 Å². The summed E-state index contributed by atoms with van der Waals surface area (Å²) in [5.41, 5.74) is -0.208. The lowest BCUT2D eigenvalue weighted by Gasteiger charge is -2.01. The summed E-state index contributed by atoms with van der Waals surface area (Å²) in [4.78, 5) is 0. The molecule has 4 heteroatoms. The Kier molecular flexibility index (Phi) is 2.77. The number of nitriles is 1. The second kappa shape index (κ2) is 3.63. The average molecular weight is 232 g/mol. The maximum Gasteiger partial charge on any atom is 0.265 e. The Morgan fingerprint density at radius 3 is 2.58 bits per heavy atom. The standard InChI is InChI=1S/C8H4BrF2N/c9-6-2-1-5(4-12)7(3-6)8(10)11/h1-3,8H. The minimum absolute atomic E-state index is 0.0215. The van der Waals surface area contributed by atoms with E-state index in [2.05, 4.69) is 15.9 Å². The molecule has 1 nitrogen and oxygen atoms in total. The molecular weight excluding hydrogens is 228 g/mol. The van der Waals surface area contributed by atoms with Crippen molar-refractivity contribution in [1.29, 1.82) is 5.26 Å². The molecule has 0 amide bonds. The topological polar surface area (TPSA) is 23.8 Å². The van der Waals surface area contributed by atoms with Gasteiger partial charge in [-0.15, -0.1) is 0 Å². The molecule has 1 aromatic carbocycles. The number of hydrogen-bond acceptors (Lipinski definition) is 1. The van der Waals surface area contributed by atoms with Gasteiger partial charge >= 0.3 is 0 Å². The maximum absolute atomic E-state index is 12.2. The summed E-state index contributed by atoms with van der Waals surface area (Å²) in [6.45, 7) is 0. The molecule has 0 spiro atoms. The molecule has 12 heavy (non-hydrogen) atoms. The molecule has 0 aromatic heterocycles. The first-order chi connectivity index (χ1) is 5.65. The van der Waals surface area contributed by atoms with Crippen LogP contribution >= 0.6 is 15.9 Å². The Morgan fingerprint density at radius 1 is 1.42 bits per heavy atom. The molecule has 0 bridgehead atoms. The fourth-order valence-corrected chi connectivity index (χ4v) is 1.19. The van der Waals surface area contributed by atoms with Crippen molar-refractivity contribution in [3.05, 3.63) is 33.8 Å². The molecule has 1 rings (SSSR count). The van der Waals surface area contributed by atoms with E-state index in [1.807, 2.05) is 0 Å². The number of nitrogens with zero attached hydrogens (tertiary/aromatic N) is 1. The first kappa shape index (κ1) is 9.14. The Morgan fingerprint density at radius 2 is 2.08 bits per heavy atom. The number of alkyl halides is 2. The number of benzene rings is 1. The van der Waals surface area contributed by atoms with Crippen molar-refractivity contribution in [2.45, 2.75) is 6.43 Å². The molecule has 0 radical (unpaired) electrons. The molecular formula is C8H4BrF2N. The second-order valence-electron chi connectivity index (χ2n) is 2.14. The van der Waals surface area contributed by atoms with E-state index in [0.29, 0.717) is 4.47 Å². The lowest BCUT2D eigenvalue weighted by atomic mass is 10.1. The van der Waals surface area contributed by atoms with Crippen molar-refractivity contribution >= 4 is 15.9 Å². The molecule has 0 saturated carbocycles. The van der Waals surface area contributed by atoms with Gasteiger partial charge < -0.3 is 0 Å². The van der Waals surface area contributed by atoms with Gasteiger partial charge in [0, 0.05) is 10.0 Å². The summed E-state index contributed by atoms with van der Waals surface area (Å²) in [5.74, 6) is 0. The highest BCUT2D eigenvalue weighted by Crippen LogP contribution is 2.25. The average Bonchev–Trinajstić information content (AvgIpc) is 2.04. The van der Waals surface area contributed by atoms with Crippen molar-refractivity contribution in [3.63, 3.8) is 0 Å². The third-order valence-corrected chi connectivity index (χ3v) is 1.86. The van der Waals surface area contributed by atoms with Gasteiger partial charge in [0.15, 0.2) is 0 Å². The van der Waals surface area contributed by atoms with Crippen LogP contribution in [0.5, 0.6) is 0 Å². The Labute approximate surface area is 76.8 Å². The molecule has 0 N–H and O–H groups in total.